The van der Waals surface area contributed by atoms with E-state index < -0.39 is 5.41 Å². The van der Waals surface area contributed by atoms with Gasteiger partial charge in [0, 0.05) is 7.05 Å². The van der Waals surface area contributed by atoms with Crippen molar-refractivity contribution in [2.24, 2.45) is 10.7 Å². The molecule has 5 heteroatoms. The number of nitrogens with two attached hydrogens (primary N) is 1. The van der Waals surface area contributed by atoms with Crippen LogP contribution in [-0.2, 0) is 10.2 Å². The molecule has 0 unspecified atom stereocenters. The standard InChI is InChI=1S/C21H25N3O2/c1-5-21(14(2)23-20(22)24(3)19(21)25)17-10-6-8-15(12-17)16-9-7-11-18(13-16)26-4/h6-14H,5H2,1-4H3,(H2,22,23)/t14-,21-/m0/s1. The van der Waals surface area contributed by atoms with Crippen molar-refractivity contribution < 1.29 is 9.53 Å². The number of guanidine groups is 1. The monoisotopic (exact) mass is 351 g/mol. The molecule has 3 rings (SSSR count). The molecule has 0 fully saturated rings. The Balaban J connectivity index is 2.12. The Labute approximate surface area is 154 Å². The molecule has 1 amide bonds. The first-order valence-electron chi connectivity index (χ1n) is 8.80. The molecule has 5 nitrogen and oxygen atoms in total. The summed E-state index contributed by atoms with van der Waals surface area (Å²) >= 11 is 0. The third kappa shape index (κ3) is 2.73. The number of aliphatic imine (C=N–C) groups is 1. The normalized spacial score (nSPS) is 22.9. The zero-order valence-electron chi connectivity index (χ0n) is 15.7. The SMILES string of the molecule is CC[C@]1(c2cccc(-c3cccc(OC)c3)c2)C(=O)N(C)C(N)=N[C@H]1C. The fourth-order valence-electron chi connectivity index (χ4n) is 3.77. The molecule has 2 N–H and O–H groups in total. The van der Waals surface area contributed by atoms with E-state index in [0.717, 1.165) is 22.4 Å². The number of hydrogen-bond donors (Lipinski definition) is 1. The third-order valence-corrected chi connectivity index (χ3v) is 5.41. The summed E-state index contributed by atoms with van der Waals surface area (Å²) < 4.78 is 5.33. The number of carbonyl (C=O) groups excluding carboxylic acids is 1. The molecule has 26 heavy (non-hydrogen) atoms. The maximum Gasteiger partial charge on any atom is 0.241 e. The number of ether oxygens (including phenoxy) is 1. The number of carbonyl (C=O) groups is 1. The van der Waals surface area contributed by atoms with Gasteiger partial charge in [0.2, 0.25) is 5.91 Å². The van der Waals surface area contributed by atoms with E-state index in [1.165, 1.54) is 4.90 Å². The summed E-state index contributed by atoms with van der Waals surface area (Å²) in [6.45, 7) is 3.98. The van der Waals surface area contributed by atoms with Crippen molar-refractivity contribution in [2.45, 2.75) is 31.7 Å². The van der Waals surface area contributed by atoms with Gasteiger partial charge in [-0.15, -0.1) is 0 Å². The molecular formula is C21H25N3O2. The molecule has 1 aliphatic rings. The zero-order valence-corrected chi connectivity index (χ0v) is 15.7. The number of hydrogen-bond acceptors (Lipinski definition) is 4. The van der Waals surface area contributed by atoms with E-state index >= 15 is 0 Å². The van der Waals surface area contributed by atoms with Crippen LogP contribution in [0.3, 0.4) is 0 Å². The van der Waals surface area contributed by atoms with Gasteiger partial charge < -0.3 is 10.5 Å². The highest BCUT2D eigenvalue weighted by molar-refractivity contribution is 6.04. The molecule has 2 aromatic rings. The van der Waals surface area contributed by atoms with Crippen LogP contribution in [0.1, 0.15) is 25.8 Å². The lowest BCUT2D eigenvalue weighted by Gasteiger charge is -2.42. The minimum absolute atomic E-state index is 0.0113. The highest BCUT2D eigenvalue weighted by atomic mass is 16.5. The Morgan fingerprint density at radius 1 is 1.19 bits per heavy atom. The number of nitrogens with zero attached hydrogens (tertiary/aromatic N) is 2. The number of rotatable bonds is 4. The topological polar surface area (TPSA) is 67.9 Å². The zero-order chi connectivity index (χ0) is 18.9. The third-order valence-electron chi connectivity index (χ3n) is 5.41. The summed E-state index contributed by atoms with van der Waals surface area (Å²) in [5, 5.41) is 0. The molecule has 0 radical (unpaired) electrons. The van der Waals surface area contributed by atoms with Crippen molar-refractivity contribution >= 4 is 11.9 Å². The molecule has 0 aliphatic carbocycles. The van der Waals surface area contributed by atoms with E-state index in [4.69, 9.17) is 10.5 Å². The van der Waals surface area contributed by atoms with Crippen LogP contribution in [0.25, 0.3) is 11.1 Å². The van der Waals surface area contributed by atoms with Crippen LogP contribution >= 0.6 is 0 Å². The smallest absolute Gasteiger partial charge is 0.241 e. The maximum atomic E-state index is 13.2. The highest BCUT2D eigenvalue weighted by Gasteiger charge is 2.48. The predicted molar refractivity (Wildman–Crippen MR) is 104 cm³/mol. The molecule has 0 saturated heterocycles. The molecule has 1 aliphatic heterocycles. The molecule has 0 saturated carbocycles. The molecule has 0 aromatic heterocycles. The summed E-state index contributed by atoms with van der Waals surface area (Å²) in [7, 11) is 3.34. The Bertz CT molecular complexity index is 862. The van der Waals surface area contributed by atoms with Crippen LogP contribution in [0.4, 0.5) is 0 Å². The second kappa shape index (κ2) is 6.83. The summed E-state index contributed by atoms with van der Waals surface area (Å²) in [6, 6.07) is 15.8. The minimum Gasteiger partial charge on any atom is -0.497 e. The Kier molecular flexibility index (Phi) is 4.72. The highest BCUT2D eigenvalue weighted by Crippen LogP contribution is 2.39. The van der Waals surface area contributed by atoms with Gasteiger partial charge in [-0.1, -0.05) is 37.3 Å². The van der Waals surface area contributed by atoms with Gasteiger partial charge >= 0.3 is 0 Å². The van der Waals surface area contributed by atoms with Crippen molar-refractivity contribution in [3.05, 3.63) is 54.1 Å². The lowest BCUT2D eigenvalue weighted by Crippen LogP contribution is -2.58. The van der Waals surface area contributed by atoms with Gasteiger partial charge in [0.1, 0.15) is 5.75 Å². The van der Waals surface area contributed by atoms with E-state index in [1.54, 1.807) is 14.2 Å². The van der Waals surface area contributed by atoms with Gasteiger partial charge in [0.05, 0.1) is 18.6 Å². The summed E-state index contributed by atoms with van der Waals surface area (Å²) in [4.78, 5) is 19.2. The van der Waals surface area contributed by atoms with E-state index in [0.29, 0.717) is 6.42 Å². The molecule has 0 spiro atoms. The molecule has 2 atom stereocenters. The van der Waals surface area contributed by atoms with Crippen molar-refractivity contribution in [3.8, 4) is 16.9 Å². The summed E-state index contributed by atoms with van der Waals surface area (Å²) in [5.74, 6) is 1.07. The van der Waals surface area contributed by atoms with E-state index in [9.17, 15) is 4.79 Å². The Hall–Kier alpha value is -2.82. The number of amides is 1. The minimum atomic E-state index is -0.716. The second-order valence-corrected chi connectivity index (χ2v) is 6.67. The Morgan fingerprint density at radius 2 is 1.85 bits per heavy atom. The fourth-order valence-corrected chi connectivity index (χ4v) is 3.77. The van der Waals surface area contributed by atoms with Crippen LogP contribution in [0.2, 0.25) is 0 Å². The maximum absolute atomic E-state index is 13.2. The van der Waals surface area contributed by atoms with Gasteiger partial charge in [-0.05, 0) is 48.2 Å². The lowest BCUT2D eigenvalue weighted by molar-refractivity contribution is -0.134. The second-order valence-electron chi connectivity index (χ2n) is 6.67. The average molecular weight is 351 g/mol. The number of methoxy groups -OCH3 is 1. The van der Waals surface area contributed by atoms with Gasteiger partial charge in [0.25, 0.3) is 0 Å². The quantitative estimate of drug-likeness (QED) is 0.920. The number of likely N-dealkylation sites (N-methyl/N-ethyl adjacent to an activating group) is 1. The van der Waals surface area contributed by atoms with Gasteiger partial charge in [-0.25, -0.2) is 4.99 Å². The van der Waals surface area contributed by atoms with Crippen LogP contribution < -0.4 is 10.5 Å². The van der Waals surface area contributed by atoms with E-state index in [2.05, 4.69) is 11.1 Å². The van der Waals surface area contributed by atoms with Gasteiger partial charge in [-0.2, -0.15) is 0 Å². The van der Waals surface area contributed by atoms with Crippen molar-refractivity contribution in [2.75, 3.05) is 14.2 Å². The van der Waals surface area contributed by atoms with Gasteiger partial charge in [-0.3, -0.25) is 9.69 Å². The van der Waals surface area contributed by atoms with Crippen LogP contribution in [0.5, 0.6) is 5.75 Å². The van der Waals surface area contributed by atoms with E-state index in [-0.39, 0.29) is 17.9 Å². The van der Waals surface area contributed by atoms with Crippen molar-refractivity contribution in [3.63, 3.8) is 0 Å². The predicted octanol–water partition coefficient (Wildman–Crippen LogP) is 3.19. The Morgan fingerprint density at radius 3 is 2.50 bits per heavy atom. The summed E-state index contributed by atoms with van der Waals surface area (Å²) in [5.41, 5.74) is 8.24. The summed E-state index contributed by atoms with van der Waals surface area (Å²) in [6.07, 6.45) is 0.648. The molecular weight excluding hydrogens is 326 g/mol. The van der Waals surface area contributed by atoms with Crippen molar-refractivity contribution in [1.82, 2.24) is 4.90 Å². The first kappa shape index (κ1) is 18.0. The largest absolute Gasteiger partial charge is 0.497 e. The molecule has 1 heterocycles. The van der Waals surface area contributed by atoms with Crippen molar-refractivity contribution in [1.29, 1.82) is 0 Å². The number of benzene rings is 2. The van der Waals surface area contributed by atoms with Crippen LogP contribution in [-0.4, -0.2) is 37.0 Å². The van der Waals surface area contributed by atoms with E-state index in [1.807, 2.05) is 56.3 Å². The average Bonchev–Trinajstić information content (AvgIpc) is 2.67. The molecule has 2 aromatic carbocycles. The first-order valence-corrected chi connectivity index (χ1v) is 8.80. The lowest BCUT2D eigenvalue weighted by atomic mass is 9.70. The van der Waals surface area contributed by atoms with Crippen LogP contribution in [0.15, 0.2) is 53.5 Å². The fraction of sp³-hybridized carbons (Fsp3) is 0.333. The molecule has 0 bridgehead atoms. The molecule has 136 valence electrons. The first-order chi connectivity index (χ1) is 12.4. The van der Waals surface area contributed by atoms with Gasteiger partial charge in [0.15, 0.2) is 5.96 Å². The van der Waals surface area contributed by atoms with Crippen LogP contribution in [0, 0.1) is 0 Å².